The lowest BCUT2D eigenvalue weighted by molar-refractivity contribution is 0.0605. The molecule has 0 N–H and O–H groups in total. The molecule has 0 unspecified atom stereocenters. The van der Waals surface area contributed by atoms with Crippen LogP contribution in [0.4, 0.5) is 0 Å². The quantitative estimate of drug-likeness (QED) is 0.620. The summed E-state index contributed by atoms with van der Waals surface area (Å²) in [5.74, 6) is -0.271. The molecule has 0 spiro atoms. The largest absolute Gasteiger partial charge is 0.465 e. The molecule has 2 aromatic heterocycles. The number of ether oxygens (including phenoxy) is 1. The minimum atomic E-state index is -0.271. The van der Waals surface area contributed by atoms with E-state index in [1.807, 2.05) is 25.1 Å². The summed E-state index contributed by atoms with van der Waals surface area (Å²) in [5.41, 5.74) is 3.10. The van der Waals surface area contributed by atoms with Crippen molar-refractivity contribution in [2.75, 3.05) is 7.11 Å². The van der Waals surface area contributed by atoms with Crippen LogP contribution in [0, 0.1) is 6.92 Å². The Hall–Kier alpha value is -1.72. The zero-order valence-corrected chi connectivity index (χ0v) is 14.6. The monoisotopic (exact) mass is 375 g/mol. The average molecular weight is 376 g/mol. The van der Waals surface area contributed by atoms with Gasteiger partial charge in [-0.1, -0.05) is 28.1 Å². The first-order valence-electron chi connectivity index (χ1n) is 6.80. The highest BCUT2D eigenvalue weighted by Crippen LogP contribution is 2.30. The summed E-state index contributed by atoms with van der Waals surface area (Å²) in [5, 5.41) is 1.10. The molecule has 0 amide bonds. The molecule has 0 saturated heterocycles. The molecule has 112 valence electrons. The number of aromatic nitrogens is 1. The zero-order chi connectivity index (χ0) is 15.7. The van der Waals surface area contributed by atoms with Crippen molar-refractivity contribution < 1.29 is 9.53 Å². The topological polar surface area (TPSA) is 39.2 Å². The van der Waals surface area contributed by atoms with Gasteiger partial charge in [-0.15, -0.1) is 11.3 Å². The maximum atomic E-state index is 11.7. The number of pyridine rings is 1. The molecular weight excluding hydrogens is 362 g/mol. The first-order valence-corrected chi connectivity index (χ1v) is 8.41. The van der Waals surface area contributed by atoms with Gasteiger partial charge in [-0.3, -0.25) is 4.98 Å². The summed E-state index contributed by atoms with van der Waals surface area (Å²) in [4.78, 5) is 18.0. The second-order valence-corrected chi connectivity index (χ2v) is 6.99. The van der Waals surface area contributed by atoms with Gasteiger partial charge in [0.1, 0.15) is 4.88 Å². The Labute approximate surface area is 141 Å². The molecule has 2 heterocycles. The lowest BCUT2D eigenvalue weighted by atomic mass is 10.1. The van der Waals surface area contributed by atoms with Crippen molar-refractivity contribution in [2.24, 2.45) is 0 Å². The van der Waals surface area contributed by atoms with Gasteiger partial charge in [-0.2, -0.15) is 0 Å². The number of thiophene rings is 1. The fraction of sp³-hybridized carbons (Fsp3) is 0.176. The Morgan fingerprint density at radius 2 is 2.18 bits per heavy atom. The van der Waals surface area contributed by atoms with E-state index >= 15 is 0 Å². The van der Waals surface area contributed by atoms with Crippen LogP contribution in [0.25, 0.3) is 10.9 Å². The van der Waals surface area contributed by atoms with Crippen LogP contribution < -0.4 is 0 Å². The van der Waals surface area contributed by atoms with E-state index < -0.39 is 0 Å². The van der Waals surface area contributed by atoms with Crippen LogP contribution in [0.15, 0.2) is 41.0 Å². The highest BCUT2D eigenvalue weighted by atomic mass is 79.9. The summed E-state index contributed by atoms with van der Waals surface area (Å²) >= 11 is 5.05. The van der Waals surface area contributed by atoms with E-state index in [0.29, 0.717) is 4.88 Å². The number of benzene rings is 1. The summed E-state index contributed by atoms with van der Waals surface area (Å²) in [7, 11) is 1.41. The Morgan fingerprint density at radius 1 is 1.36 bits per heavy atom. The number of halogens is 1. The van der Waals surface area contributed by atoms with Crippen molar-refractivity contribution in [2.45, 2.75) is 13.3 Å². The van der Waals surface area contributed by atoms with Crippen molar-refractivity contribution in [3.63, 3.8) is 0 Å². The lowest BCUT2D eigenvalue weighted by Gasteiger charge is -2.06. The number of fused-ring (bicyclic) bond motifs is 1. The van der Waals surface area contributed by atoms with E-state index in [4.69, 9.17) is 4.74 Å². The highest BCUT2D eigenvalue weighted by molar-refractivity contribution is 9.10. The number of carbonyl (C=O) groups is 1. The van der Waals surface area contributed by atoms with Gasteiger partial charge in [0.25, 0.3) is 0 Å². The van der Waals surface area contributed by atoms with Gasteiger partial charge in [0.2, 0.25) is 0 Å². The number of hydrogen-bond acceptors (Lipinski definition) is 4. The third kappa shape index (κ3) is 2.78. The van der Waals surface area contributed by atoms with Crippen LogP contribution in [0.3, 0.4) is 0 Å². The molecule has 0 aliphatic carbocycles. The molecule has 0 fully saturated rings. The van der Waals surface area contributed by atoms with Gasteiger partial charge in [-0.05, 0) is 36.2 Å². The summed E-state index contributed by atoms with van der Waals surface area (Å²) < 4.78 is 5.86. The number of aryl methyl sites for hydroxylation is 1. The molecule has 5 heteroatoms. The Morgan fingerprint density at radius 3 is 2.95 bits per heavy atom. The molecule has 0 atom stereocenters. The van der Waals surface area contributed by atoms with Gasteiger partial charge in [0.05, 0.1) is 12.6 Å². The smallest absolute Gasteiger partial charge is 0.348 e. The summed E-state index contributed by atoms with van der Waals surface area (Å²) in [6.07, 6.45) is 2.56. The number of carbonyl (C=O) groups excluding carboxylic acids is 1. The Bertz CT molecular complexity index is 857. The number of rotatable bonds is 3. The molecule has 22 heavy (non-hydrogen) atoms. The SMILES string of the molecule is COC(=O)c1sc(Cc2ccc(Br)c3cccnc23)cc1C. The fourth-order valence-corrected chi connectivity index (χ4v) is 4.02. The van der Waals surface area contributed by atoms with Crippen LogP contribution in [-0.2, 0) is 11.2 Å². The fourth-order valence-electron chi connectivity index (χ4n) is 2.46. The van der Waals surface area contributed by atoms with E-state index in [1.165, 1.54) is 18.4 Å². The van der Waals surface area contributed by atoms with E-state index in [-0.39, 0.29) is 5.97 Å². The minimum Gasteiger partial charge on any atom is -0.465 e. The van der Waals surface area contributed by atoms with Crippen LogP contribution in [-0.4, -0.2) is 18.1 Å². The second-order valence-electron chi connectivity index (χ2n) is 5.00. The summed E-state index contributed by atoms with van der Waals surface area (Å²) in [6, 6.07) is 10.2. The zero-order valence-electron chi connectivity index (χ0n) is 12.2. The Kier molecular flexibility index (Phi) is 4.27. The minimum absolute atomic E-state index is 0.271. The van der Waals surface area contributed by atoms with E-state index in [2.05, 4.69) is 33.0 Å². The van der Waals surface area contributed by atoms with Gasteiger partial charge in [0, 0.05) is 27.4 Å². The molecule has 3 nitrogen and oxygen atoms in total. The number of methoxy groups -OCH3 is 1. The molecule has 0 saturated carbocycles. The molecule has 3 aromatic rings. The molecule has 0 aliphatic heterocycles. The number of esters is 1. The first-order chi connectivity index (χ1) is 10.6. The highest BCUT2D eigenvalue weighted by Gasteiger charge is 2.15. The average Bonchev–Trinajstić information content (AvgIpc) is 2.90. The van der Waals surface area contributed by atoms with Gasteiger partial charge >= 0.3 is 5.97 Å². The Balaban J connectivity index is 2.01. The lowest BCUT2D eigenvalue weighted by Crippen LogP contribution is -1.99. The van der Waals surface area contributed by atoms with Crippen molar-refractivity contribution >= 4 is 44.1 Å². The van der Waals surface area contributed by atoms with Crippen LogP contribution in [0.2, 0.25) is 0 Å². The number of nitrogens with zero attached hydrogens (tertiary/aromatic N) is 1. The molecule has 0 bridgehead atoms. The van der Waals surface area contributed by atoms with Crippen molar-refractivity contribution in [1.82, 2.24) is 4.98 Å². The van der Waals surface area contributed by atoms with Gasteiger partial charge < -0.3 is 4.74 Å². The van der Waals surface area contributed by atoms with Crippen molar-refractivity contribution in [1.29, 1.82) is 0 Å². The molecular formula is C17H14BrNO2S. The van der Waals surface area contributed by atoms with Crippen molar-refractivity contribution in [3.05, 3.63) is 61.9 Å². The second kappa shape index (κ2) is 6.18. The van der Waals surface area contributed by atoms with Gasteiger partial charge in [0.15, 0.2) is 0 Å². The van der Waals surface area contributed by atoms with Crippen LogP contribution in [0.5, 0.6) is 0 Å². The van der Waals surface area contributed by atoms with Crippen LogP contribution in [0.1, 0.15) is 25.7 Å². The normalized spacial score (nSPS) is 10.9. The van der Waals surface area contributed by atoms with E-state index in [1.54, 1.807) is 6.20 Å². The third-order valence-corrected chi connectivity index (χ3v) is 5.41. The molecule has 1 aromatic carbocycles. The van der Waals surface area contributed by atoms with E-state index in [9.17, 15) is 4.79 Å². The maximum Gasteiger partial charge on any atom is 0.348 e. The molecule has 0 radical (unpaired) electrons. The third-order valence-electron chi connectivity index (χ3n) is 3.50. The number of hydrogen-bond donors (Lipinski definition) is 0. The molecule has 0 aliphatic rings. The van der Waals surface area contributed by atoms with Crippen molar-refractivity contribution in [3.8, 4) is 0 Å². The summed E-state index contributed by atoms with van der Waals surface area (Å²) in [6.45, 7) is 1.93. The van der Waals surface area contributed by atoms with Gasteiger partial charge in [-0.25, -0.2) is 4.79 Å². The first kappa shape index (κ1) is 15.2. The van der Waals surface area contributed by atoms with E-state index in [0.717, 1.165) is 37.8 Å². The molecule has 3 rings (SSSR count). The van der Waals surface area contributed by atoms with Crippen LogP contribution >= 0.6 is 27.3 Å². The predicted octanol–water partition coefficient (Wildman–Crippen LogP) is 4.74. The predicted molar refractivity (Wildman–Crippen MR) is 92.6 cm³/mol. The maximum absolute atomic E-state index is 11.7. The standard InChI is InChI=1S/C17H14BrNO2S/c1-10-8-12(22-16(10)17(20)21-2)9-11-5-6-14(18)13-4-3-7-19-15(11)13/h3-8H,9H2,1-2H3.